The van der Waals surface area contributed by atoms with Gasteiger partial charge in [-0.25, -0.2) is 9.97 Å². The van der Waals surface area contributed by atoms with Crippen LogP contribution < -0.4 is 0 Å². The van der Waals surface area contributed by atoms with Crippen molar-refractivity contribution >= 4 is 22.7 Å². The lowest BCUT2D eigenvalue weighted by Gasteiger charge is -2.01. The van der Waals surface area contributed by atoms with Crippen molar-refractivity contribution in [3.63, 3.8) is 0 Å². The van der Waals surface area contributed by atoms with Crippen LogP contribution in [-0.4, -0.2) is 9.97 Å². The summed E-state index contributed by atoms with van der Waals surface area (Å²) in [7, 11) is 0. The molecule has 0 amide bonds. The van der Waals surface area contributed by atoms with Crippen LogP contribution in [0.1, 0.15) is 42.7 Å². The molecule has 0 radical (unpaired) electrons. The van der Waals surface area contributed by atoms with Crippen LogP contribution in [0.5, 0.6) is 0 Å². The molecule has 29 heavy (non-hydrogen) atoms. The monoisotopic (exact) mass is 418 g/mol. The maximum atomic E-state index is 4.93. The molecule has 0 N–H and O–H groups in total. The largest absolute Gasteiger partial charge is 0.233 e. The number of nitrogens with zero attached hydrogens (tertiary/aromatic N) is 2. The number of aromatic nitrogens is 2. The second-order valence-corrected chi connectivity index (χ2v) is 9.37. The molecule has 0 aliphatic heterocycles. The lowest BCUT2D eigenvalue weighted by atomic mass is 10.1. The lowest BCUT2D eigenvalue weighted by Crippen LogP contribution is -1.85. The zero-order valence-electron chi connectivity index (χ0n) is 17.2. The molecule has 0 fully saturated rings. The Morgan fingerprint density at radius 3 is 2.17 bits per heavy atom. The SMILES string of the molecule is CCCCc1ccc(-c2csc(-c3nc(-c4ccc(CC)cc4)c(C)s3)n2)cc1. The number of hydrogen-bond donors (Lipinski definition) is 0. The highest BCUT2D eigenvalue weighted by molar-refractivity contribution is 7.21. The first-order chi connectivity index (χ1) is 14.2. The van der Waals surface area contributed by atoms with Crippen LogP contribution in [0.25, 0.3) is 32.5 Å². The minimum Gasteiger partial charge on any atom is -0.233 e. The molecule has 0 unspecified atom stereocenters. The van der Waals surface area contributed by atoms with Gasteiger partial charge in [0, 0.05) is 21.4 Å². The topological polar surface area (TPSA) is 25.8 Å². The normalized spacial score (nSPS) is 11.1. The highest BCUT2D eigenvalue weighted by Gasteiger charge is 2.15. The van der Waals surface area contributed by atoms with Crippen molar-refractivity contribution in [3.8, 4) is 32.5 Å². The number of aryl methyl sites for hydroxylation is 3. The first-order valence-electron chi connectivity index (χ1n) is 10.3. The van der Waals surface area contributed by atoms with E-state index in [1.807, 2.05) is 0 Å². The van der Waals surface area contributed by atoms with E-state index in [1.54, 1.807) is 22.7 Å². The Kier molecular flexibility index (Phi) is 6.22. The number of hydrogen-bond acceptors (Lipinski definition) is 4. The Morgan fingerprint density at radius 2 is 1.48 bits per heavy atom. The summed E-state index contributed by atoms with van der Waals surface area (Å²) in [4.78, 5) is 11.0. The fraction of sp³-hybridized carbons (Fsp3) is 0.280. The number of unbranched alkanes of at least 4 members (excludes halogenated alkanes) is 1. The van der Waals surface area contributed by atoms with E-state index in [4.69, 9.17) is 9.97 Å². The van der Waals surface area contributed by atoms with E-state index in [2.05, 4.69) is 74.7 Å². The van der Waals surface area contributed by atoms with Crippen LogP contribution in [0, 0.1) is 6.92 Å². The molecular formula is C25H26N2S2. The Balaban J connectivity index is 1.56. The van der Waals surface area contributed by atoms with Crippen molar-refractivity contribution in [2.45, 2.75) is 46.5 Å². The maximum Gasteiger partial charge on any atom is 0.153 e. The number of rotatable bonds is 7. The Morgan fingerprint density at radius 1 is 0.793 bits per heavy atom. The smallest absolute Gasteiger partial charge is 0.153 e. The molecule has 0 aliphatic carbocycles. The van der Waals surface area contributed by atoms with E-state index in [1.165, 1.54) is 40.0 Å². The molecule has 4 heteroatoms. The van der Waals surface area contributed by atoms with Crippen molar-refractivity contribution in [1.29, 1.82) is 0 Å². The van der Waals surface area contributed by atoms with Crippen LogP contribution in [0.2, 0.25) is 0 Å². The van der Waals surface area contributed by atoms with E-state index in [0.29, 0.717) is 0 Å². The predicted octanol–water partition coefficient (Wildman–Crippen LogP) is 7.81. The van der Waals surface area contributed by atoms with Gasteiger partial charge in [0.2, 0.25) is 0 Å². The maximum absolute atomic E-state index is 4.93. The van der Waals surface area contributed by atoms with Crippen LogP contribution >= 0.6 is 22.7 Å². The van der Waals surface area contributed by atoms with E-state index < -0.39 is 0 Å². The summed E-state index contributed by atoms with van der Waals surface area (Å²) in [6.07, 6.45) is 4.69. The lowest BCUT2D eigenvalue weighted by molar-refractivity contribution is 0.795. The molecule has 4 aromatic rings. The minimum absolute atomic E-state index is 1.000. The standard InChI is InChI=1S/C25H26N2S2/c1-4-6-7-19-10-12-20(13-11-19)22-16-28-24(26-22)25-27-23(17(3)29-25)21-14-8-18(5-2)9-15-21/h8-16H,4-7H2,1-3H3. The molecule has 2 heterocycles. The molecule has 4 rings (SSSR count). The molecule has 0 saturated carbocycles. The predicted molar refractivity (Wildman–Crippen MR) is 127 cm³/mol. The first-order valence-corrected chi connectivity index (χ1v) is 12.0. The molecule has 0 saturated heterocycles. The number of thiazole rings is 2. The Hall–Kier alpha value is -2.30. The summed E-state index contributed by atoms with van der Waals surface area (Å²) in [5, 5.41) is 4.15. The van der Waals surface area contributed by atoms with Crippen molar-refractivity contribution in [1.82, 2.24) is 9.97 Å². The quantitative estimate of drug-likeness (QED) is 0.306. The van der Waals surface area contributed by atoms with Gasteiger partial charge in [0.25, 0.3) is 0 Å². The van der Waals surface area contributed by atoms with Gasteiger partial charge in [-0.2, -0.15) is 0 Å². The highest BCUT2D eigenvalue weighted by Crippen LogP contribution is 2.36. The van der Waals surface area contributed by atoms with Crippen LogP contribution in [0.3, 0.4) is 0 Å². The van der Waals surface area contributed by atoms with Crippen molar-refractivity contribution in [2.24, 2.45) is 0 Å². The average Bonchev–Trinajstić information content (AvgIpc) is 3.40. The fourth-order valence-corrected chi connectivity index (χ4v) is 5.18. The van der Waals surface area contributed by atoms with Gasteiger partial charge in [-0.05, 0) is 37.3 Å². The van der Waals surface area contributed by atoms with Gasteiger partial charge in [0.05, 0.1) is 11.4 Å². The molecule has 2 aromatic heterocycles. The van der Waals surface area contributed by atoms with E-state index in [-0.39, 0.29) is 0 Å². The molecule has 0 spiro atoms. The third-order valence-electron chi connectivity index (χ3n) is 5.19. The van der Waals surface area contributed by atoms with Crippen LogP contribution in [-0.2, 0) is 12.8 Å². The zero-order chi connectivity index (χ0) is 20.2. The molecule has 0 atom stereocenters. The summed E-state index contributed by atoms with van der Waals surface area (Å²) >= 11 is 3.40. The molecule has 0 bridgehead atoms. The Labute approximate surface area is 181 Å². The molecule has 0 aliphatic rings. The summed E-state index contributed by atoms with van der Waals surface area (Å²) in [5.41, 5.74) is 7.23. The van der Waals surface area contributed by atoms with E-state index >= 15 is 0 Å². The van der Waals surface area contributed by atoms with Crippen molar-refractivity contribution in [2.75, 3.05) is 0 Å². The summed E-state index contributed by atoms with van der Waals surface area (Å²) < 4.78 is 0. The average molecular weight is 419 g/mol. The van der Waals surface area contributed by atoms with Crippen molar-refractivity contribution < 1.29 is 0 Å². The third-order valence-corrected chi connectivity index (χ3v) is 7.14. The second kappa shape index (κ2) is 9.02. The highest BCUT2D eigenvalue weighted by atomic mass is 32.1. The fourth-order valence-electron chi connectivity index (χ4n) is 3.38. The van der Waals surface area contributed by atoms with Gasteiger partial charge < -0.3 is 0 Å². The third kappa shape index (κ3) is 4.49. The summed E-state index contributed by atoms with van der Waals surface area (Å²) in [5.74, 6) is 0. The summed E-state index contributed by atoms with van der Waals surface area (Å²) in [6, 6.07) is 17.6. The van der Waals surface area contributed by atoms with Gasteiger partial charge >= 0.3 is 0 Å². The van der Waals surface area contributed by atoms with Crippen LogP contribution in [0.4, 0.5) is 0 Å². The minimum atomic E-state index is 1.000. The van der Waals surface area contributed by atoms with E-state index in [0.717, 1.165) is 34.2 Å². The van der Waals surface area contributed by atoms with E-state index in [9.17, 15) is 0 Å². The first kappa shape index (κ1) is 20.0. The molecular weight excluding hydrogens is 392 g/mol. The van der Waals surface area contributed by atoms with Gasteiger partial charge in [-0.15, -0.1) is 22.7 Å². The molecule has 2 nitrogen and oxygen atoms in total. The van der Waals surface area contributed by atoms with Gasteiger partial charge in [0.15, 0.2) is 10.0 Å². The van der Waals surface area contributed by atoms with Crippen molar-refractivity contribution in [3.05, 3.63) is 69.9 Å². The zero-order valence-corrected chi connectivity index (χ0v) is 18.9. The summed E-state index contributed by atoms with van der Waals surface area (Å²) in [6.45, 7) is 6.56. The van der Waals surface area contributed by atoms with Gasteiger partial charge in [-0.1, -0.05) is 68.8 Å². The van der Waals surface area contributed by atoms with Gasteiger partial charge in [-0.3, -0.25) is 0 Å². The number of benzene rings is 2. The van der Waals surface area contributed by atoms with Crippen LogP contribution in [0.15, 0.2) is 53.9 Å². The molecule has 148 valence electrons. The second-order valence-electron chi connectivity index (χ2n) is 7.31. The molecule has 2 aromatic carbocycles. The van der Waals surface area contributed by atoms with Gasteiger partial charge in [0.1, 0.15) is 0 Å². The Bertz CT molecular complexity index is 1070.